The molecule has 3 nitrogen and oxygen atoms in total. The molecular weight excluding hydrogens is 268 g/mol. The lowest BCUT2D eigenvalue weighted by molar-refractivity contribution is 0.0786. The van der Waals surface area contributed by atoms with Crippen molar-refractivity contribution < 1.29 is 4.79 Å². The van der Waals surface area contributed by atoms with E-state index in [9.17, 15) is 4.79 Å². The van der Waals surface area contributed by atoms with Gasteiger partial charge in [0.1, 0.15) is 0 Å². The van der Waals surface area contributed by atoms with Crippen LogP contribution in [-0.2, 0) is 13.0 Å². The molecule has 0 aliphatic rings. The van der Waals surface area contributed by atoms with Crippen LogP contribution < -0.4 is 5.73 Å². The van der Waals surface area contributed by atoms with Crippen LogP contribution in [0, 0.1) is 6.92 Å². The van der Waals surface area contributed by atoms with Crippen LogP contribution in [0.2, 0.25) is 0 Å². The van der Waals surface area contributed by atoms with Gasteiger partial charge < -0.3 is 10.6 Å². The number of thiophene rings is 1. The smallest absolute Gasteiger partial charge is 0.253 e. The first kappa shape index (κ1) is 14.8. The Balaban J connectivity index is 2.04. The van der Waals surface area contributed by atoms with Crippen LogP contribution in [0.3, 0.4) is 0 Å². The van der Waals surface area contributed by atoms with Crippen molar-refractivity contribution in [3.05, 3.63) is 57.3 Å². The molecule has 0 saturated carbocycles. The molecule has 2 rings (SSSR count). The Kier molecular flexibility index (Phi) is 4.93. The lowest BCUT2D eigenvalue weighted by Gasteiger charge is -2.17. The highest BCUT2D eigenvalue weighted by Gasteiger charge is 2.13. The first-order valence-corrected chi connectivity index (χ1v) is 7.57. The van der Waals surface area contributed by atoms with Gasteiger partial charge in [-0.1, -0.05) is 12.1 Å². The lowest BCUT2D eigenvalue weighted by Crippen LogP contribution is -2.26. The van der Waals surface area contributed by atoms with Gasteiger partial charge >= 0.3 is 0 Å². The third-order valence-corrected chi connectivity index (χ3v) is 4.34. The third kappa shape index (κ3) is 3.46. The molecule has 0 saturated heterocycles. The maximum atomic E-state index is 12.4. The molecule has 4 heteroatoms. The largest absolute Gasteiger partial charge is 0.337 e. The molecule has 2 N–H and O–H groups in total. The van der Waals surface area contributed by atoms with Crippen LogP contribution in [0.4, 0.5) is 0 Å². The van der Waals surface area contributed by atoms with Crippen molar-refractivity contribution in [3.63, 3.8) is 0 Å². The van der Waals surface area contributed by atoms with Crippen LogP contribution >= 0.6 is 11.3 Å². The Labute approximate surface area is 124 Å². The summed E-state index contributed by atoms with van der Waals surface area (Å²) in [6.45, 7) is 3.36. The van der Waals surface area contributed by atoms with Crippen molar-refractivity contribution in [1.82, 2.24) is 4.90 Å². The average molecular weight is 288 g/mol. The molecule has 2 aromatic rings. The van der Waals surface area contributed by atoms with E-state index < -0.39 is 0 Å². The zero-order valence-corrected chi connectivity index (χ0v) is 12.7. The number of amides is 1. The summed E-state index contributed by atoms with van der Waals surface area (Å²) in [6, 6.07) is 9.80. The molecule has 0 atom stereocenters. The number of hydrogen-bond acceptors (Lipinski definition) is 3. The zero-order valence-electron chi connectivity index (χ0n) is 11.9. The minimum absolute atomic E-state index is 0.0529. The monoisotopic (exact) mass is 288 g/mol. The Morgan fingerprint density at radius 1 is 1.25 bits per heavy atom. The van der Waals surface area contributed by atoms with Crippen LogP contribution in [0.15, 0.2) is 35.7 Å². The molecule has 0 bridgehead atoms. The number of benzene rings is 1. The van der Waals surface area contributed by atoms with Crippen molar-refractivity contribution in [1.29, 1.82) is 0 Å². The van der Waals surface area contributed by atoms with E-state index >= 15 is 0 Å². The molecule has 0 spiro atoms. The van der Waals surface area contributed by atoms with Crippen molar-refractivity contribution in [2.75, 3.05) is 13.6 Å². The van der Waals surface area contributed by atoms with Gasteiger partial charge in [0.15, 0.2) is 0 Å². The Morgan fingerprint density at radius 2 is 1.95 bits per heavy atom. The average Bonchev–Trinajstić information content (AvgIpc) is 2.85. The minimum atomic E-state index is 0.0529. The van der Waals surface area contributed by atoms with Crippen molar-refractivity contribution in [3.8, 4) is 0 Å². The summed E-state index contributed by atoms with van der Waals surface area (Å²) in [4.78, 5) is 15.4. The van der Waals surface area contributed by atoms with Gasteiger partial charge in [-0.15, -0.1) is 11.3 Å². The summed E-state index contributed by atoms with van der Waals surface area (Å²) in [5.74, 6) is 0.0529. The fourth-order valence-corrected chi connectivity index (χ4v) is 3.01. The maximum Gasteiger partial charge on any atom is 0.253 e. The maximum absolute atomic E-state index is 12.4. The van der Waals surface area contributed by atoms with Crippen molar-refractivity contribution in [2.45, 2.75) is 19.9 Å². The van der Waals surface area contributed by atoms with Crippen LogP contribution in [0.25, 0.3) is 0 Å². The van der Waals surface area contributed by atoms with Crippen molar-refractivity contribution in [2.24, 2.45) is 5.73 Å². The first-order chi connectivity index (χ1) is 9.61. The summed E-state index contributed by atoms with van der Waals surface area (Å²) < 4.78 is 0. The SMILES string of the molecule is Cc1ccsc1CN(C)C(=O)c1ccc(CCN)cc1. The van der Waals surface area contributed by atoms with E-state index in [1.54, 1.807) is 16.2 Å². The molecule has 0 radical (unpaired) electrons. The Morgan fingerprint density at radius 3 is 2.50 bits per heavy atom. The van der Waals surface area contributed by atoms with E-state index in [1.165, 1.54) is 16.0 Å². The predicted octanol–water partition coefficient (Wildman–Crippen LogP) is 2.83. The fraction of sp³-hybridized carbons (Fsp3) is 0.312. The molecule has 0 aliphatic carbocycles. The van der Waals surface area contributed by atoms with Gasteiger partial charge in [-0.05, 0) is 54.6 Å². The van der Waals surface area contributed by atoms with E-state index in [0.29, 0.717) is 13.1 Å². The van der Waals surface area contributed by atoms with E-state index in [2.05, 4.69) is 18.4 Å². The van der Waals surface area contributed by atoms with Gasteiger partial charge in [0, 0.05) is 17.5 Å². The highest BCUT2D eigenvalue weighted by atomic mass is 32.1. The van der Waals surface area contributed by atoms with Crippen LogP contribution in [0.1, 0.15) is 26.4 Å². The highest BCUT2D eigenvalue weighted by molar-refractivity contribution is 7.10. The molecule has 1 amide bonds. The second-order valence-corrected chi connectivity index (χ2v) is 5.92. The molecule has 0 fully saturated rings. The van der Waals surface area contributed by atoms with Crippen LogP contribution in [0.5, 0.6) is 0 Å². The number of carbonyl (C=O) groups is 1. The third-order valence-electron chi connectivity index (χ3n) is 3.33. The number of rotatable bonds is 5. The number of hydrogen-bond donors (Lipinski definition) is 1. The molecule has 0 unspecified atom stereocenters. The number of nitrogens with zero attached hydrogens (tertiary/aromatic N) is 1. The van der Waals surface area contributed by atoms with Gasteiger partial charge in [-0.25, -0.2) is 0 Å². The molecule has 20 heavy (non-hydrogen) atoms. The Bertz CT molecular complexity index is 574. The zero-order chi connectivity index (χ0) is 14.5. The number of carbonyl (C=O) groups excluding carboxylic acids is 1. The molecule has 1 aromatic heterocycles. The standard InChI is InChI=1S/C16H20N2OS/c1-12-8-10-20-15(12)11-18(2)16(19)14-5-3-13(4-6-14)7-9-17/h3-6,8,10H,7,9,11,17H2,1-2H3. The second kappa shape index (κ2) is 6.68. The molecule has 1 heterocycles. The summed E-state index contributed by atoms with van der Waals surface area (Å²) >= 11 is 1.69. The molecule has 1 aromatic carbocycles. The van der Waals surface area contributed by atoms with Gasteiger partial charge in [0.05, 0.1) is 6.54 Å². The molecule has 106 valence electrons. The van der Waals surface area contributed by atoms with Gasteiger partial charge in [-0.2, -0.15) is 0 Å². The number of aryl methyl sites for hydroxylation is 1. The van der Waals surface area contributed by atoms with Crippen molar-refractivity contribution >= 4 is 17.2 Å². The van der Waals surface area contributed by atoms with E-state index in [-0.39, 0.29) is 5.91 Å². The summed E-state index contributed by atoms with van der Waals surface area (Å²) in [6.07, 6.45) is 0.846. The summed E-state index contributed by atoms with van der Waals surface area (Å²) in [5.41, 5.74) is 8.66. The molecule has 0 aliphatic heterocycles. The van der Waals surface area contributed by atoms with Crippen LogP contribution in [-0.4, -0.2) is 24.4 Å². The van der Waals surface area contributed by atoms with Gasteiger partial charge in [0.2, 0.25) is 0 Å². The van der Waals surface area contributed by atoms with E-state index in [1.807, 2.05) is 31.3 Å². The highest BCUT2D eigenvalue weighted by Crippen LogP contribution is 2.18. The summed E-state index contributed by atoms with van der Waals surface area (Å²) in [5, 5.41) is 2.06. The van der Waals surface area contributed by atoms with E-state index in [0.717, 1.165) is 12.0 Å². The number of nitrogens with two attached hydrogens (primary N) is 1. The predicted molar refractivity (Wildman–Crippen MR) is 84.1 cm³/mol. The lowest BCUT2D eigenvalue weighted by atomic mass is 10.1. The quantitative estimate of drug-likeness (QED) is 0.919. The fourth-order valence-electron chi connectivity index (χ4n) is 2.05. The Hall–Kier alpha value is -1.65. The van der Waals surface area contributed by atoms with Gasteiger partial charge in [-0.3, -0.25) is 4.79 Å². The second-order valence-electron chi connectivity index (χ2n) is 4.92. The van der Waals surface area contributed by atoms with Gasteiger partial charge in [0.25, 0.3) is 5.91 Å². The summed E-state index contributed by atoms with van der Waals surface area (Å²) in [7, 11) is 1.84. The topological polar surface area (TPSA) is 46.3 Å². The normalized spacial score (nSPS) is 10.6. The first-order valence-electron chi connectivity index (χ1n) is 6.69. The molecular formula is C16H20N2OS. The van der Waals surface area contributed by atoms with E-state index in [4.69, 9.17) is 5.73 Å². The minimum Gasteiger partial charge on any atom is -0.337 e.